The summed E-state index contributed by atoms with van der Waals surface area (Å²) in [6.45, 7) is 4.80. The van der Waals surface area contributed by atoms with Crippen molar-refractivity contribution in [3.63, 3.8) is 0 Å². The molecule has 0 fully saturated rings. The van der Waals surface area contributed by atoms with Crippen molar-refractivity contribution in [3.05, 3.63) is 53.6 Å². The number of rotatable bonds is 12. The van der Waals surface area contributed by atoms with Gasteiger partial charge in [-0.25, -0.2) is 4.79 Å². The third-order valence-corrected chi connectivity index (χ3v) is 5.73. The smallest absolute Gasteiger partial charge is 0.338 e. The number of nitrogens with one attached hydrogen (secondary N) is 1. The van der Waals surface area contributed by atoms with Crippen molar-refractivity contribution in [2.24, 2.45) is 0 Å². The molecule has 2 aromatic rings. The maximum atomic E-state index is 12.9. The zero-order valence-electron chi connectivity index (χ0n) is 18.8. The summed E-state index contributed by atoms with van der Waals surface area (Å²) >= 11 is 5.40. The lowest BCUT2D eigenvalue weighted by Crippen LogP contribution is -2.48. The Kier molecular flexibility index (Phi) is 9.27. The monoisotopic (exact) mass is 445 g/mol. The van der Waals surface area contributed by atoms with E-state index in [4.69, 9.17) is 31.2 Å². The minimum Gasteiger partial charge on any atom is -0.493 e. The van der Waals surface area contributed by atoms with Gasteiger partial charge in [-0.3, -0.25) is 5.32 Å². The van der Waals surface area contributed by atoms with Crippen molar-refractivity contribution in [2.45, 2.75) is 32.2 Å². The number of ether oxygens (including phenoxy) is 4. The van der Waals surface area contributed by atoms with Crippen LogP contribution in [0.25, 0.3) is 0 Å². The van der Waals surface area contributed by atoms with E-state index in [2.05, 4.69) is 12.2 Å². The van der Waals surface area contributed by atoms with Crippen molar-refractivity contribution in [1.29, 1.82) is 0 Å². The normalized spacial score (nSPS) is 12.5. The Bertz CT molecular complexity index is 862. The molecule has 0 amide bonds. The van der Waals surface area contributed by atoms with Crippen LogP contribution in [0.2, 0.25) is 0 Å². The van der Waals surface area contributed by atoms with Crippen LogP contribution in [0.5, 0.6) is 17.2 Å². The maximum Gasteiger partial charge on any atom is 0.338 e. The average molecular weight is 446 g/mol. The Hall–Kier alpha value is -2.64. The molecule has 1 atom stereocenters. The number of thiocarbonyl (C=S) groups is 1. The number of carbonyl (C=O) groups excluding carboxylic acids is 1. The van der Waals surface area contributed by atoms with Crippen LogP contribution < -0.4 is 19.5 Å². The van der Waals surface area contributed by atoms with E-state index in [1.54, 1.807) is 12.1 Å². The van der Waals surface area contributed by atoms with Gasteiger partial charge in [-0.15, -0.1) is 0 Å². The molecule has 0 radical (unpaired) electrons. The van der Waals surface area contributed by atoms with Gasteiger partial charge in [0.05, 0.1) is 32.4 Å². The predicted octanol–water partition coefficient (Wildman–Crippen LogP) is 4.54. The summed E-state index contributed by atoms with van der Waals surface area (Å²) in [6.07, 6.45) is 1.52. The molecule has 0 aliphatic rings. The molecular formula is C24H31NO5S. The number of carbonyl (C=O) groups is 1. The number of hydrogen-bond acceptors (Lipinski definition) is 7. The lowest BCUT2D eigenvalue weighted by Gasteiger charge is -2.34. The number of methoxy groups -OCH3 is 3. The first kappa shape index (κ1) is 24.6. The van der Waals surface area contributed by atoms with E-state index in [0.717, 1.165) is 16.8 Å². The molecule has 0 aliphatic carbocycles. The molecule has 2 rings (SSSR count). The first-order chi connectivity index (χ1) is 14.9. The lowest BCUT2D eigenvalue weighted by molar-refractivity contribution is 0.0356. The summed E-state index contributed by atoms with van der Waals surface area (Å²) in [7, 11) is 4.52. The molecule has 0 unspecified atom stereocenters. The molecule has 0 aromatic heterocycles. The third kappa shape index (κ3) is 5.95. The highest BCUT2D eigenvalue weighted by molar-refractivity contribution is 7.80. The molecular weight excluding hydrogens is 414 g/mol. The van der Waals surface area contributed by atoms with Gasteiger partial charge >= 0.3 is 5.97 Å². The Morgan fingerprint density at radius 3 is 2.10 bits per heavy atom. The first-order valence-corrected chi connectivity index (χ1v) is 10.6. The van der Waals surface area contributed by atoms with Crippen LogP contribution in [-0.4, -0.2) is 45.3 Å². The zero-order chi connectivity index (χ0) is 22.9. The summed E-state index contributed by atoms with van der Waals surface area (Å²) in [4.78, 5) is 13.9. The second-order valence-corrected chi connectivity index (χ2v) is 7.61. The minimum atomic E-state index is -0.559. The predicted molar refractivity (Wildman–Crippen MR) is 126 cm³/mol. The van der Waals surface area contributed by atoms with Crippen LogP contribution in [0, 0.1) is 0 Å². The highest BCUT2D eigenvalue weighted by atomic mass is 32.1. The number of benzene rings is 2. The lowest BCUT2D eigenvalue weighted by atomic mass is 9.87. The Labute approximate surface area is 189 Å². The molecule has 0 aliphatic heterocycles. The van der Waals surface area contributed by atoms with Gasteiger partial charge in [-0.1, -0.05) is 56.4 Å². The third-order valence-electron chi connectivity index (χ3n) is 5.30. The van der Waals surface area contributed by atoms with Gasteiger partial charge in [-0.2, -0.15) is 0 Å². The van der Waals surface area contributed by atoms with Crippen molar-refractivity contribution >= 4 is 23.1 Å². The fourth-order valence-corrected chi connectivity index (χ4v) is 3.36. The maximum absolute atomic E-state index is 12.9. The molecule has 1 N–H and O–H groups in total. The molecule has 0 heterocycles. The van der Waals surface area contributed by atoms with Crippen LogP contribution in [0.15, 0.2) is 42.5 Å². The summed E-state index contributed by atoms with van der Waals surface area (Å²) in [5.41, 5.74) is 0.794. The van der Waals surface area contributed by atoms with E-state index < -0.39 is 11.5 Å². The second-order valence-electron chi connectivity index (χ2n) is 7.04. The van der Waals surface area contributed by atoms with Gasteiger partial charge in [0.25, 0.3) is 0 Å². The Balaban J connectivity index is 2.30. The van der Waals surface area contributed by atoms with Crippen molar-refractivity contribution in [1.82, 2.24) is 5.32 Å². The molecule has 2 aromatic carbocycles. The van der Waals surface area contributed by atoms with E-state index in [0.29, 0.717) is 35.8 Å². The highest BCUT2D eigenvalue weighted by Crippen LogP contribution is 2.38. The standard InChI is InChI=1S/C24H31NO5S/c1-6-19(31)15-25-24(7-2,18-11-9-8-10-12-18)16-30-23(26)17-13-20(27-3)22(29-5)21(14-17)28-4/h8-14,25H,6-7,15-16H2,1-5H3/t24-/m1/s1. The fraction of sp³-hybridized carbons (Fsp3) is 0.417. The van der Waals surface area contributed by atoms with Gasteiger partial charge in [-0.05, 0) is 30.5 Å². The minimum absolute atomic E-state index is 0.148. The van der Waals surface area contributed by atoms with Crippen LogP contribution in [0.4, 0.5) is 0 Å². The van der Waals surface area contributed by atoms with Gasteiger partial charge in [0.2, 0.25) is 5.75 Å². The first-order valence-electron chi connectivity index (χ1n) is 10.2. The molecule has 0 bridgehead atoms. The van der Waals surface area contributed by atoms with Crippen LogP contribution in [-0.2, 0) is 10.3 Å². The molecule has 6 nitrogen and oxygen atoms in total. The van der Waals surface area contributed by atoms with Crippen molar-refractivity contribution in [3.8, 4) is 17.2 Å². The van der Waals surface area contributed by atoms with Gasteiger partial charge in [0.15, 0.2) is 11.5 Å². The second kappa shape index (κ2) is 11.7. The van der Waals surface area contributed by atoms with Gasteiger partial charge < -0.3 is 18.9 Å². The number of hydrogen-bond donors (Lipinski definition) is 1. The van der Waals surface area contributed by atoms with Crippen molar-refractivity contribution < 1.29 is 23.7 Å². The molecule has 0 saturated heterocycles. The van der Waals surface area contributed by atoms with Crippen LogP contribution >= 0.6 is 12.2 Å². The number of esters is 1. The van der Waals surface area contributed by atoms with E-state index in [9.17, 15) is 4.79 Å². The van der Waals surface area contributed by atoms with Crippen LogP contribution in [0.1, 0.15) is 42.6 Å². The van der Waals surface area contributed by atoms with E-state index in [1.807, 2.05) is 37.3 Å². The van der Waals surface area contributed by atoms with Crippen LogP contribution in [0.3, 0.4) is 0 Å². The molecule has 0 spiro atoms. The summed E-state index contributed by atoms with van der Waals surface area (Å²) in [5, 5.41) is 3.53. The van der Waals surface area contributed by atoms with Gasteiger partial charge in [0.1, 0.15) is 6.61 Å². The van der Waals surface area contributed by atoms with Crippen molar-refractivity contribution in [2.75, 3.05) is 34.5 Å². The largest absolute Gasteiger partial charge is 0.493 e. The summed E-state index contributed by atoms with van der Waals surface area (Å²) in [6, 6.07) is 13.1. The van der Waals surface area contributed by atoms with E-state index >= 15 is 0 Å². The zero-order valence-corrected chi connectivity index (χ0v) is 19.6. The SMILES string of the molecule is CCC(=S)CN[C@](CC)(COC(=O)c1cc(OC)c(OC)c(OC)c1)c1ccccc1. The average Bonchev–Trinajstić information content (AvgIpc) is 2.83. The molecule has 0 saturated carbocycles. The Morgan fingerprint density at radius 1 is 1.00 bits per heavy atom. The summed E-state index contributed by atoms with van der Waals surface area (Å²) in [5.74, 6) is 0.728. The van der Waals surface area contributed by atoms with Gasteiger partial charge in [0, 0.05) is 11.4 Å². The summed E-state index contributed by atoms with van der Waals surface area (Å²) < 4.78 is 21.8. The topological polar surface area (TPSA) is 66.0 Å². The van der Waals surface area contributed by atoms with E-state index in [-0.39, 0.29) is 6.61 Å². The fourth-order valence-electron chi connectivity index (χ4n) is 3.29. The molecule has 168 valence electrons. The molecule has 31 heavy (non-hydrogen) atoms. The quantitative estimate of drug-likeness (QED) is 0.380. The highest BCUT2D eigenvalue weighted by Gasteiger charge is 2.32. The molecule has 7 heteroatoms. The Morgan fingerprint density at radius 2 is 1.61 bits per heavy atom. The van der Waals surface area contributed by atoms with E-state index in [1.165, 1.54) is 21.3 Å².